The Kier molecular flexibility index (Phi) is 14.0. The van der Waals surface area contributed by atoms with Crippen LogP contribution in [0.4, 0.5) is 0 Å². The molecule has 7 heteroatoms. The number of carbonyl (C=O) groups excluding carboxylic acids is 1. The maximum atomic E-state index is 11.9. The van der Waals surface area contributed by atoms with Gasteiger partial charge in [0, 0.05) is 12.8 Å². The number of nitrogens with one attached hydrogen (secondary N) is 1. The highest BCUT2D eigenvalue weighted by Gasteiger charge is 2.16. The lowest BCUT2D eigenvalue weighted by molar-refractivity contribution is -0.889. The molecule has 0 fully saturated rings. The van der Waals surface area contributed by atoms with Gasteiger partial charge in [0.25, 0.3) is 10.1 Å². The van der Waals surface area contributed by atoms with Crippen LogP contribution in [0.5, 0.6) is 0 Å². The van der Waals surface area contributed by atoms with Gasteiger partial charge in [0.2, 0.25) is 5.91 Å². The highest BCUT2D eigenvalue weighted by Crippen LogP contribution is 2.10. The van der Waals surface area contributed by atoms with E-state index in [9.17, 15) is 13.2 Å². The molecule has 0 bridgehead atoms. The van der Waals surface area contributed by atoms with Gasteiger partial charge in [0.05, 0.1) is 39.5 Å². The normalized spacial score (nSPS) is 12.3. The summed E-state index contributed by atoms with van der Waals surface area (Å²) in [6.45, 7) is 4.22. The number of nitrogens with zero attached hydrogens (tertiary/aromatic N) is 1. The van der Waals surface area contributed by atoms with Crippen LogP contribution < -0.4 is 5.32 Å². The van der Waals surface area contributed by atoms with Gasteiger partial charge in [-0.2, -0.15) is 8.42 Å². The van der Waals surface area contributed by atoms with Crippen molar-refractivity contribution in [3.63, 3.8) is 0 Å². The fourth-order valence-corrected chi connectivity index (χ4v) is 3.46. The van der Waals surface area contributed by atoms with Gasteiger partial charge in [-0.15, -0.1) is 0 Å². The van der Waals surface area contributed by atoms with Crippen LogP contribution in [0.1, 0.15) is 77.6 Å². The van der Waals surface area contributed by atoms with Crippen LogP contribution in [0.2, 0.25) is 0 Å². The van der Waals surface area contributed by atoms with E-state index in [1.165, 1.54) is 44.9 Å². The van der Waals surface area contributed by atoms with E-state index in [4.69, 9.17) is 4.55 Å². The second kappa shape index (κ2) is 14.4. The van der Waals surface area contributed by atoms with Crippen LogP contribution in [0.3, 0.4) is 0 Å². The van der Waals surface area contributed by atoms with Gasteiger partial charge in [-0.25, -0.2) is 0 Å². The average molecular weight is 394 g/mol. The number of hydrogen-bond donors (Lipinski definition) is 2. The number of amides is 1. The molecular formula is C19H41N2O4S+. The maximum Gasteiger partial charge on any atom is 0.265 e. The van der Waals surface area contributed by atoms with Gasteiger partial charge < -0.3 is 9.80 Å². The summed E-state index contributed by atoms with van der Waals surface area (Å²) in [4.78, 5) is 11.9. The van der Waals surface area contributed by atoms with Crippen LogP contribution >= 0.6 is 0 Å². The number of likely N-dealkylation sites (N-methyl/N-ethyl adjacent to an activating group) is 1. The largest absolute Gasteiger partial charge is 0.350 e. The van der Waals surface area contributed by atoms with Crippen molar-refractivity contribution in [2.24, 2.45) is 0 Å². The zero-order valence-electron chi connectivity index (χ0n) is 17.1. The minimum atomic E-state index is -3.88. The molecule has 26 heavy (non-hydrogen) atoms. The van der Waals surface area contributed by atoms with Gasteiger partial charge in [0.1, 0.15) is 0 Å². The van der Waals surface area contributed by atoms with Crippen LogP contribution in [0.15, 0.2) is 0 Å². The van der Waals surface area contributed by atoms with Crippen molar-refractivity contribution in [3.05, 3.63) is 0 Å². The zero-order valence-corrected chi connectivity index (χ0v) is 18.0. The molecule has 0 aromatic carbocycles. The van der Waals surface area contributed by atoms with Gasteiger partial charge in [0.15, 0.2) is 0 Å². The Morgan fingerprint density at radius 2 is 1.42 bits per heavy atom. The predicted octanol–water partition coefficient (Wildman–Crippen LogP) is 3.38. The number of hydrogen-bond acceptors (Lipinski definition) is 3. The summed E-state index contributed by atoms with van der Waals surface area (Å²) in [6, 6.07) is 0. The first kappa shape index (κ1) is 25.3. The van der Waals surface area contributed by atoms with E-state index in [0.717, 1.165) is 19.4 Å². The summed E-state index contributed by atoms with van der Waals surface area (Å²) < 4.78 is 30.8. The van der Waals surface area contributed by atoms with E-state index < -0.39 is 10.1 Å². The van der Waals surface area contributed by atoms with Crippen molar-refractivity contribution < 1.29 is 22.2 Å². The topological polar surface area (TPSA) is 83.5 Å². The third-order valence-corrected chi connectivity index (χ3v) is 5.52. The van der Waals surface area contributed by atoms with Crippen molar-refractivity contribution in [2.45, 2.75) is 77.6 Å². The quantitative estimate of drug-likeness (QED) is 0.225. The summed E-state index contributed by atoms with van der Waals surface area (Å²) in [5.74, 6) is -0.106. The first-order valence-electron chi connectivity index (χ1n) is 10.2. The average Bonchev–Trinajstić information content (AvgIpc) is 2.51. The van der Waals surface area contributed by atoms with E-state index in [1.54, 1.807) is 0 Å². The fraction of sp³-hybridized carbons (Fsp3) is 0.947. The number of unbranched alkanes of at least 4 members (excludes halogenated alkanes) is 8. The molecule has 1 amide bonds. The Morgan fingerprint density at radius 3 is 1.96 bits per heavy atom. The van der Waals surface area contributed by atoms with Crippen molar-refractivity contribution in [1.29, 1.82) is 0 Å². The van der Waals surface area contributed by atoms with Gasteiger partial charge in [-0.3, -0.25) is 9.35 Å². The molecule has 0 saturated carbocycles. The lowest BCUT2D eigenvalue weighted by Gasteiger charge is -2.29. The van der Waals surface area contributed by atoms with Crippen molar-refractivity contribution in [3.8, 4) is 0 Å². The third kappa shape index (κ3) is 18.1. The molecule has 0 unspecified atom stereocenters. The Bertz CT molecular complexity index is 464. The molecule has 0 spiro atoms. The van der Waals surface area contributed by atoms with Crippen LogP contribution in [0, 0.1) is 0 Å². The van der Waals surface area contributed by atoms with E-state index in [1.807, 2.05) is 14.1 Å². The van der Waals surface area contributed by atoms with E-state index in [0.29, 0.717) is 30.4 Å². The molecule has 0 aromatic rings. The van der Waals surface area contributed by atoms with Crippen LogP contribution in [0.25, 0.3) is 0 Å². The lowest BCUT2D eigenvalue weighted by atomic mass is 10.1. The Labute approximate surface area is 161 Å². The predicted molar refractivity (Wildman–Crippen MR) is 108 cm³/mol. The van der Waals surface area contributed by atoms with Crippen molar-refractivity contribution >= 4 is 16.0 Å². The van der Waals surface area contributed by atoms with E-state index >= 15 is 0 Å². The molecule has 0 aromatic heterocycles. The minimum absolute atomic E-state index is 0.103. The third-order valence-electron chi connectivity index (χ3n) is 4.71. The molecule has 0 atom stereocenters. The molecule has 0 heterocycles. The van der Waals surface area contributed by atoms with Crippen molar-refractivity contribution in [1.82, 2.24) is 5.32 Å². The highest BCUT2D eigenvalue weighted by molar-refractivity contribution is 7.85. The molecule has 0 aliphatic carbocycles. The van der Waals surface area contributed by atoms with E-state index in [-0.39, 0.29) is 11.7 Å². The maximum absolute atomic E-state index is 11.9. The minimum Gasteiger partial charge on any atom is -0.350 e. The number of rotatable bonds is 17. The smallest absolute Gasteiger partial charge is 0.265 e. The van der Waals surface area contributed by atoms with Crippen LogP contribution in [-0.4, -0.2) is 62.8 Å². The summed E-state index contributed by atoms with van der Waals surface area (Å²) in [5, 5.41) is 2.95. The van der Waals surface area contributed by atoms with Crippen molar-refractivity contribution in [2.75, 3.05) is 39.5 Å². The van der Waals surface area contributed by atoms with Gasteiger partial charge >= 0.3 is 0 Å². The van der Waals surface area contributed by atoms with Gasteiger partial charge in [-0.05, 0) is 6.42 Å². The first-order valence-corrected chi connectivity index (χ1v) is 11.8. The molecule has 0 saturated heterocycles. The molecule has 0 rings (SSSR count). The monoisotopic (exact) mass is 393 g/mol. The second-order valence-electron chi connectivity index (χ2n) is 7.95. The van der Waals surface area contributed by atoms with Gasteiger partial charge in [-0.1, -0.05) is 58.3 Å². The molecular weight excluding hydrogens is 352 g/mol. The lowest BCUT2D eigenvalue weighted by Crippen LogP contribution is -2.46. The van der Waals surface area contributed by atoms with Crippen LogP contribution in [-0.2, 0) is 14.9 Å². The molecule has 2 N–H and O–H groups in total. The highest BCUT2D eigenvalue weighted by atomic mass is 32.2. The summed E-state index contributed by atoms with van der Waals surface area (Å²) in [7, 11) is 0.110. The molecule has 0 radical (unpaired) electrons. The zero-order chi connectivity index (χ0) is 19.9. The Balaban J connectivity index is 3.58. The Morgan fingerprint density at radius 1 is 0.885 bits per heavy atom. The first-order chi connectivity index (χ1) is 12.2. The molecule has 0 aliphatic rings. The standard InChI is InChI=1S/C19H40N2O4S/c1-4-5-6-7-8-9-10-11-12-14-19(22)20-15-17-21(2,3)16-13-18-26(23,24)25/h4-18H2,1-3H3,(H-,20,22,23,24,25)/p+1. The Hall–Kier alpha value is -0.660. The fourth-order valence-electron chi connectivity index (χ4n) is 2.97. The van der Waals surface area contributed by atoms with E-state index in [2.05, 4.69) is 12.2 Å². The summed E-state index contributed by atoms with van der Waals surface area (Å²) in [5.41, 5.74) is 0. The summed E-state index contributed by atoms with van der Waals surface area (Å²) >= 11 is 0. The number of quaternary nitrogens is 1. The molecule has 0 aliphatic heterocycles. The SMILES string of the molecule is CCCCCCCCCCCC(=O)NCC[N+](C)(C)CCCS(=O)(=O)O. The number of carbonyl (C=O) groups is 1. The molecule has 6 nitrogen and oxygen atoms in total. The molecule has 156 valence electrons. The summed E-state index contributed by atoms with van der Waals surface area (Å²) in [6.07, 6.45) is 12.2. The second-order valence-corrected chi connectivity index (χ2v) is 9.52.